The molecule has 1 nitrogen and oxygen atoms in total. The molecule has 2 heterocycles. The summed E-state index contributed by atoms with van der Waals surface area (Å²) in [6.45, 7) is 2.16. The van der Waals surface area contributed by atoms with E-state index < -0.39 is 0 Å². The molecule has 2 aromatic heterocycles. The average Bonchev–Trinajstić information content (AvgIpc) is 3.02. The summed E-state index contributed by atoms with van der Waals surface area (Å²) in [5.41, 5.74) is 3.94. The highest BCUT2D eigenvalue weighted by Gasteiger charge is 2.12. The van der Waals surface area contributed by atoms with Gasteiger partial charge in [-0.15, -0.1) is 11.3 Å². The van der Waals surface area contributed by atoms with Crippen LogP contribution in [0.15, 0.2) is 54.6 Å². The third-order valence-electron chi connectivity index (χ3n) is 4.66. The Balaban J connectivity index is 2.05. The van der Waals surface area contributed by atoms with Crippen molar-refractivity contribution in [3.8, 4) is 0 Å². The molecule has 0 amide bonds. The van der Waals surface area contributed by atoms with Crippen LogP contribution in [0.25, 0.3) is 42.0 Å². The van der Waals surface area contributed by atoms with E-state index in [1.54, 1.807) is 0 Å². The van der Waals surface area contributed by atoms with Crippen LogP contribution in [0.1, 0.15) is 5.56 Å². The van der Waals surface area contributed by atoms with Crippen LogP contribution in [0, 0.1) is 6.92 Å². The van der Waals surface area contributed by atoms with Crippen LogP contribution in [0.4, 0.5) is 0 Å². The number of rotatable bonds is 0. The Hall–Kier alpha value is -2.32. The first-order valence-electron chi connectivity index (χ1n) is 7.52. The van der Waals surface area contributed by atoms with Crippen molar-refractivity contribution in [3.05, 3.63) is 60.2 Å². The van der Waals surface area contributed by atoms with Gasteiger partial charge in [0.05, 0.1) is 0 Å². The van der Waals surface area contributed by atoms with Crippen molar-refractivity contribution >= 4 is 53.3 Å². The van der Waals surface area contributed by atoms with E-state index in [9.17, 15) is 0 Å². The quantitative estimate of drug-likeness (QED) is 0.330. The number of fused-ring (bicyclic) bond motifs is 6. The van der Waals surface area contributed by atoms with E-state index in [0.717, 1.165) is 0 Å². The molecule has 0 atom stereocenters. The number of thiophene rings is 1. The van der Waals surface area contributed by atoms with Crippen LogP contribution in [0.3, 0.4) is 0 Å². The second kappa shape index (κ2) is 4.11. The Morgan fingerprint density at radius 2 is 1.55 bits per heavy atom. The van der Waals surface area contributed by atoms with Crippen molar-refractivity contribution in [2.75, 3.05) is 0 Å². The Labute approximate surface area is 132 Å². The van der Waals surface area contributed by atoms with Gasteiger partial charge < -0.3 is 4.57 Å². The Kier molecular flexibility index (Phi) is 2.29. The smallest absolute Gasteiger partial charge is 0.0495 e. The molecular formula is C20H15NS. The van der Waals surface area contributed by atoms with Crippen molar-refractivity contribution in [1.82, 2.24) is 4.57 Å². The third kappa shape index (κ3) is 1.48. The summed E-state index contributed by atoms with van der Waals surface area (Å²) in [6, 6.07) is 20.2. The van der Waals surface area contributed by atoms with Crippen molar-refractivity contribution in [3.63, 3.8) is 0 Å². The molecule has 0 aliphatic rings. The summed E-state index contributed by atoms with van der Waals surface area (Å²) in [6.07, 6.45) is 0. The van der Waals surface area contributed by atoms with Crippen LogP contribution < -0.4 is 0 Å². The minimum absolute atomic E-state index is 1.31. The summed E-state index contributed by atoms with van der Waals surface area (Å²) in [4.78, 5) is 0. The molecule has 0 saturated carbocycles. The molecule has 0 saturated heterocycles. The molecule has 5 rings (SSSR count). The van der Waals surface area contributed by atoms with Gasteiger partial charge >= 0.3 is 0 Å². The zero-order chi connectivity index (χ0) is 14.8. The zero-order valence-corrected chi connectivity index (χ0v) is 13.4. The van der Waals surface area contributed by atoms with Crippen LogP contribution >= 0.6 is 11.3 Å². The lowest BCUT2D eigenvalue weighted by Gasteiger charge is -1.98. The highest BCUT2D eigenvalue weighted by Crippen LogP contribution is 2.39. The van der Waals surface area contributed by atoms with Crippen LogP contribution in [0.5, 0.6) is 0 Å². The second-order valence-electron chi connectivity index (χ2n) is 6.04. The Morgan fingerprint density at radius 1 is 0.727 bits per heavy atom. The normalized spacial score (nSPS) is 12.1. The summed E-state index contributed by atoms with van der Waals surface area (Å²) >= 11 is 1.89. The van der Waals surface area contributed by atoms with E-state index in [-0.39, 0.29) is 0 Å². The zero-order valence-electron chi connectivity index (χ0n) is 12.6. The Morgan fingerprint density at radius 3 is 2.45 bits per heavy atom. The molecule has 0 unspecified atom stereocenters. The second-order valence-corrected chi connectivity index (χ2v) is 7.13. The maximum atomic E-state index is 2.37. The van der Waals surface area contributed by atoms with Gasteiger partial charge in [0, 0.05) is 49.0 Å². The van der Waals surface area contributed by atoms with Crippen molar-refractivity contribution in [2.45, 2.75) is 6.92 Å². The predicted octanol–water partition coefficient (Wildman–Crippen LogP) is 6.01. The highest BCUT2D eigenvalue weighted by atomic mass is 32.1. The standard InChI is InChI=1S/C20H15NS/c1-12-7-8-17-14(9-12)15-11-20-16(10-18(15)21(17)2)13-5-3-4-6-19(13)22-20/h3-11H,1-2H3. The van der Waals surface area contributed by atoms with E-state index in [4.69, 9.17) is 0 Å². The largest absolute Gasteiger partial charge is 0.344 e. The number of aromatic nitrogens is 1. The molecule has 0 aliphatic carbocycles. The van der Waals surface area contributed by atoms with Gasteiger partial charge in [-0.2, -0.15) is 0 Å². The summed E-state index contributed by atoms with van der Waals surface area (Å²) in [5.74, 6) is 0. The minimum atomic E-state index is 1.31. The maximum Gasteiger partial charge on any atom is 0.0495 e. The van der Waals surface area contributed by atoms with Crippen LogP contribution in [0.2, 0.25) is 0 Å². The number of aryl methyl sites for hydroxylation is 2. The first-order chi connectivity index (χ1) is 10.7. The first-order valence-corrected chi connectivity index (χ1v) is 8.34. The fraction of sp³-hybridized carbons (Fsp3) is 0.100. The molecular weight excluding hydrogens is 286 g/mol. The number of nitrogens with zero attached hydrogens (tertiary/aromatic N) is 1. The van der Waals surface area contributed by atoms with Crippen molar-refractivity contribution < 1.29 is 0 Å². The minimum Gasteiger partial charge on any atom is -0.344 e. The van der Waals surface area contributed by atoms with Gasteiger partial charge in [-0.3, -0.25) is 0 Å². The number of hydrogen-bond acceptors (Lipinski definition) is 1. The Bertz CT molecular complexity index is 1190. The SMILES string of the molecule is Cc1ccc2c(c1)c1cc3sc4ccccc4c3cc1n2C. The lowest BCUT2D eigenvalue weighted by Crippen LogP contribution is -1.86. The molecule has 0 aliphatic heterocycles. The number of benzene rings is 3. The summed E-state index contributed by atoms with van der Waals surface area (Å²) < 4.78 is 5.06. The van der Waals surface area contributed by atoms with E-state index in [2.05, 4.69) is 73.1 Å². The fourth-order valence-corrected chi connectivity index (χ4v) is 4.67. The monoisotopic (exact) mass is 301 g/mol. The number of hydrogen-bond donors (Lipinski definition) is 0. The van der Waals surface area contributed by atoms with Crippen molar-refractivity contribution in [2.24, 2.45) is 7.05 Å². The van der Waals surface area contributed by atoms with Crippen molar-refractivity contribution in [1.29, 1.82) is 0 Å². The van der Waals surface area contributed by atoms with E-state index in [1.807, 2.05) is 11.3 Å². The lowest BCUT2D eigenvalue weighted by atomic mass is 10.1. The predicted molar refractivity (Wildman–Crippen MR) is 98.1 cm³/mol. The van der Waals surface area contributed by atoms with E-state index in [1.165, 1.54) is 47.5 Å². The van der Waals surface area contributed by atoms with Gasteiger partial charge in [-0.25, -0.2) is 0 Å². The molecule has 106 valence electrons. The first kappa shape index (κ1) is 12.2. The average molecular weight is 301 g/mol. The molecule has 5 aromatic rings. The molecule has 22 heavy (non-hydrogen) atoms. The van der Waals surface area contributed by atoms with Gasteiger partial charge in [0.2, 0.25) is 0 Å². The van der Waals surface area contributed by atoms with Crippen LogP contribution in [-0.4, -0.2) is 4.57 Å². The molecule has 0 bridgehead atoms. The van der Waals surface area contributed by atoms with Gasteiger partial charge in [-0.05, 0) is 37.3 Å². The molecule has 3 aromatic carbocycles. The van der Waals surface area contributed by atoms with Gasteiger partial charge in [0.1, 0.15) is 0 Å². The lowest BCUT2D eigenvalue weighted by molar-refractivity contribution is 1.01. The molecule has 0 N–H and O–H groups in total. The topological polar surface area (TPSA) is 4.93 Å². The summed E-state index contributed by atoms with van der Waals surface area (Å²) in [5, 5.41) is 5.46. The maximum absolute atomic E-state index is 2.37. The highest BCUT2D eigenvalue weighted by molar-refractivity contribution is 7.25. The van der Waals surface area contributed by atoms with Gasteiger partial charge in [-0.1, -0.05) is 29.8 Å². The summed E-state index contributed by atoms with van der Waals surface area (Å²) in [7, 11) is 2.17. The van der Waals surface area contributed by atoms with E-state index in [0.29, 0.717) is 0 Å². The molecule has 2 heteroatoms. The molecule has 0 radical (unpaired) electrons. The fourth-order valence-electron chi connectivity index (χ4n) is 3.54. The van der Waals surface area contributed by atoms with Crippen LogP contribution in [-0.2, 0) is 7.05 Å². The van der Waals surface area contributed by atoms with Gasteiger partial charge in [0.25, 0.3) is 0 Å². The third-order valence-corrected chi connectivity index (χ3v) is 5.79. The van der Waals surface area contributed by atoms with E-state index >= 15 is 0 Å². The molecule has 0 fully saturated rings. The van der Waals surface area contributed by atoms with Gasteiger partial charge in [0.15, 0.2) is 0 Å². The molecule has 0 spiro atoms.